The molecule has 0 aliphatic heterocycles. The fraction of sp³-hybridized carbons (Fsp3) is 0.316. The number of rotatable bonds is 6. The first kappa shape index (κ1) is 22.9. The van der Waals surface area contributed by atoms with Crippen molar-refractivity contribution in [2.45, 2.75) is 40.0 Å². The Kier molecular flexibility index (Phi) is 6.01. The molecule has 13 heteroatoms. The van der Waals surface area contributed by atoms with Crippen molar-refractivity contribution < 1.29 is 27.3 Å². The Labute approximate surface area is 178 Å². The fourth-order valence-electron chi connectivity index (χ4n) is 3.23. The van der Waals surface area contributed by atoms with Gasteiger partial charge < -0.3 is 5.32 Å². The molecule has 0 aliphatic rings. The number of carbonyl (C=O) groups excluding carboxylic acids is 1. The SMILES string of the molecule is Cc1nn(Cc2ccccc2F)c(C)c1NC(=O)Cn1nc(C(F)(F)F)c([N+](=O)[O-])c1C. The third-order valence-corrected chi connectivity index (χ3v) is 4.84. The lowest BCUT2D eigenvalue weighted by atomic mass is 10.2. The summed E-state index contributed by atoms with van der Waals surface area (Å²) >= 11 is 0. The van der Waals surface area contributed by atoms with Crippen LogP contribution in [0.15, 0.2) is 24.3 Å². The molecule has 1 aromatic carbocycles. The predicted molar refractivity (Wildman–Crippen MR) is 104 cm³/mol. The van der Waals surface area contributed by atoms with Gasteiger partial charge >= 0.3 is 11.9 Å². The smallest absolute Gasteiger partial charge is 0.321 e. The Balaban J connectivity index is 1.83. The van der Waals surface area contributed by atoms with E-state index in [-0.39, 0.29) is 6.54 Å². The van der Waals surface area contributed by atoms with Gasteiger partial charge in [-0.25, -0.2) is 4.39 Å². The van der Waals surface area contributed by atoms with Crippen molar-refractivity contribution in [3.8, 4) is 0 Å². The van der Waals surface area contributed by atoms with Crippen molar-refractivity contribution in [1.29, 1.82) is 0 Å². The first-order chi connectivity index (χ1) is 14.9. The van der Waals surface area contributed by atoms with Gasteiger partial charge in [-0.05, 0) is 26.8 Å². The number of anilines is 1. The summed E-state index contributed by atoms with van der Waals surface area (Å²) in [5.41, 5.74) is -1.67. The highest BCUT2D eigenvalue weighted by Crippen LogP contribution is 2.37. The quantitative estimate of drug-likeness (QED) is 0.347. The average Bonchev–Trinajstić information content (AvgIpc) is 3.15. The molecule has 0 bridgehead atoms. The van der Waals surface area contributed by atoms with E-state index < -0.39 is 46.4 Å². The number of benzene rings is 1. The number of alkyl halides is 3. The molecule has 0 saturated heterocycles. The molecule has 0 fully saturated rings. The lowest BCUT2D eigenvalue weighted by Crippen LogP contribution is -2.21. The van der Waals surface area contributed by atoms with Gasteiger partial charge in [-0.3, -0.25) is 24.3 Å². The third-order valence-electron chi connectivity index (χ3n) is 4.84. The van der Waals surface area contributed by atoms with Gasteiger partial charge in [-0.1, -0.05) is 18.2 Å². The van der Waals surface area contributed by atoms with Gasteiger partial charge in [-0.2, -0.15) is 23.4 Å². The second-order valence-corrected chi connectivity index (χ2v) is 7.04. The Morgan fingerprint density at radius 3 is 2.34 bits per heavy atom. The number of halogens is 4. The summed E-state index contributed by atoms with van der Waals surface area (Å²) in [5, 5.41) is 21.1. The van der Waals surface area contributed by atoms with E-state index in [0.717, 1.165) is 6.92 Å². The molecule has 0 atom stereocenters. The molecule has 1 N–H and O–H groups in total. The van der Waals surface area contributed by atoms with Crippen LogP contribution in [0.1, 0.15) is 28.3 Å². The van der Waals surface area contributed by atoms with Crippen molar-refractivity contribution >= 4 is 17.3 Å². The Morgan fingerprint density at radius 1 is 1.12 bits per heavy atom. The molecule has 170 valence electrons. The van der Waals surface area contributed by atoms with Crippen LogP contribution in [0.5, 0.6) is 0 Å². The maximum atomic E-state index is 13.9. The van der Waals surface area contributed by atoms with E-state index >= 15 is 0 Å². The molecule has 2 aromatic heterocycles. The van der Waals surface area contributed by atoms with Crippen molar-refractivity contribution in [3.63, 3.8) is 0 Å². The van der Waals surface area contributed by atoms with Crippen LogP contribution in [0, 0.1) is 36.7 Å². The summed E-state index contributed by atoms with van der Waals surface area (Å²) in [6.07, 6.45) is -5.05. The fourth-order valence-corrected chi connectivity index (χ4v) is 3.23. The van der Waals surface area contributed by atoms with Crippen LogP contribution in [0.3, 0.4) is 0 Å². The topological polar surface area (TPSA) is 108 Å². The number of hydrogen-bond donors (Lipinski definition) is 1. The lowest BCUT2D eigenvalue weighted by Gasteiger charge is -2.08. The molecule has 2 heterocycles. The second kappa shape index (κ2) is 8.40. The third kappa shape index (κ3) is 4.45. The zero-order valence-corrected chi connectivity index (χ0v) is 17.2. The summed E-state index contributed by atoms with van der Waals surface area (Å²) in [4.78, 5) is 22.4. The maximum absolute atomic E-state index is 13.9. The number of aromatic nitrogens is 4. The molecule has 3 rings (SSSR count). The Bertz CT molecular complexity index is 1200. The second-order valence-electron chi connectivity index (χ2n) is 7.04. The van der Waals surface area contributed by atoms with Gasteiger partial charge in [0.05, 0.1) is 28.5 Å². The zero-order valence-electron chi connectivity index (χ0n) is 17.2. The highest BCUT2D eigenvalue weighted by molar-refractivity contribution is 5.91. The Morgan fingerprint density at radius 2 is 1.78 bits per heavy atom. The van der Waals surface area contributed by atoms with Crippen LogP contribution in [-0.2, 0) is 24.1 Å². The Hall–Kier alpha value is -3.77. The van der Waals surface area contributed by atoms with Crippen LogP contribution in [0.4, 0.5) is 28.9 Å². The number of hydrogen-bond acceptors (Lipinski definition) is 5. The summed E-state index contributed by atoms with van der Waals surface area (Å²) in [5.74, 6) is -1.17. The molecule has 1 amide bonds. The van der Waals surface area contributed by atoms with Gasteiger partial charge in [0.25, 0.3) is 0 Å². The molecule has 0 radical (unpaired) electrons. The number of nitro groups is 1. The van der Waals surface area contributed by atoms with E-state index in [1.807, 2.05) is 0 Å². The van der Waals surface area contributed by atoms with Crippen LogP contribution in [0.2, 0.25) is 0 Å². The first-order valence-electron chi connectivity index (χ1n) is 9.26. The standard InChI is InChI=1S/C19H18F4N6O3/c1-10-16(11(2)27(25-10)8-13-6-4-5-7-14(13)20)24-15(30)9-28-12(3)17(29(31)32)18(26-28)19(21,22)23/h4-7H,8-9H2,1-3H3,(H,24,30). The molecule has 0 spiro atoms. The minimum absolute atomic E-state index is 0.106. The predicted octanol–water partition coefficient (Wildman–Crippen LogP) is 3.76. The van der Waals surface area contributed by atoms with E-state index in [9.17, 15) is 32.5 Å². The van der Waals surface area contributed by atoms with Gasteiger partial charge in [0.1, 0.15) is 18.1 Å². The minimum Gasteiger partial charge on any atom is -0.321 e. The number of carbonyl (C=O) groups is 1. The normalized spacial score (nSPS) is 11.6. The molecule has 3 aromatic rings. The summed E-state index contributed by atoms with van der Waals surface area (Å²) in [6.45, 7) is 3.75. The van der Waals surface area contributed by atoms with Crippen molar-refractivity contribution in [2.75, 3.05) is 5.32 Å². The van der Waals surface area contributed by atoms with E-state index in [1.165, 1.54) is 10.7 Å². The number of aryl methyl sites for hydroxylation is 1. The summed E-state index contributed by atoms with van der Waals surface area (Å²) < 4.78 is 55.3. The zero-order chi connectivity index (χ0) is 23.8. The molecule has 0 saturated carbocycles. The van der Waals surface area contributed by atoms with Crippen LogP contribution >= 0.6 is 0 Å². The largest absolute Gasteiger partial charge is 0.442 e. The number of nitrogens with zero attached hydrogens (tertiary/aromatic N) is 5. The van der Waals surface area contributed by atoms with E-state index in [1.54, 1.807) is 32.0 Å². The van der Waals surface area contributed by atoms with Crippen molar-refractivity contribution in [1.82, 2.24) is 19.6 Å². The molecule has 9 nitrogen and oxygen atoms in total. The molecule has 32 heavy (non-hydrogen) atoms. The van der Waals surface area contributed by atoms with Gasteiger partial charge in [0, 0.05) is 5.56 Å². The van der Waals surface area contributed by atoms with Crippen LogP contribution in [-0.4, -0.2) is 30.4 Å². The monoisotopic (exact) mass is 454 g/mol. The molecule has 0 aliphatic carbocycles. The van der Waals surface area contributed by atoms with Crippen molar-refractivity contribution in [3.05, 3.63) is 68.5 Å². The summed E-state index contributed by atoms with van der Waals surface area (Å²) in [7, 11) is 0. The van der Waals surface area contributed by atoms with Gasteiger partial charge in [0.15, 0.2) is 0 Å². The highest BCUT2D eigenvalue weighted by atomic mass is 19.4. The summed E-state index contributed by atoms with van der Waals surface area (Å²) in [6, 6.07) is 6.13. The van der Waals surface area contributed by atoms with E-state index in [0.29, 0.717) is 27.3 Å². The van der Waals surface area contributed by atoms with E-state index in [4.69, 9.17) is 0 Å². The van der Waals surface area contributed by atoms with E-state index in [2.05, 4.69) is 15.5 Å². The number of nitrogens with one attached hydrogen (secondary N) is 1. The van der Waals surface area contributed by atoms with Gasteiger partial charge in [0.2, 0.25) is 11.6 Å². The first-order valence-corrected chi connectivity index (χ1v) is 9.26. The lowest BCUT2D eigenvalue weighted by molar-refractivity contribution is -0.388. The van der Waals surface area contributed by atoms with Crippen molar-refractivity contribution in [2.24, 2.45) is 0 Å². The maximum Gasteiger partial charge on any atom is 0.442 e. The number of amides is 1. The molecular formula is C19H18F4N6O3. The van der Waals surface area contributed by atoms with Crippen LogP contribution < -0.4 is 5.32 Å². The molecule has 0 unspecified atom stereocenters. The minimum atomic E-state index is -5.05. The molecular weight excluding hydrogens is 436 g/mol. The van der Waals surface area contributed by atoms with Gasteiger partial charge in [-0.15, -0.1) is 0 Å². The van der Waals surface area contributed by atoms with Crippen LogP contribution in [0.25, 0.3) is 0 Å². The highest BCUT2D eigenvalue weighted by Gasteiger charge is 2.44. The average molecular weight is 454 g/mol.